The van der Waals surface area contributed by atoms with Crippen molar-refractivity contribution in [3.8, 4) is 0 Å². The molecule has 192 valence electrons. The summed E-state index contributed by atoms with van der Waals surface area (Å²) in [5.41, 5.74) is 9.01. The van der Waals surface area contributed by atoms with E-state index in [1.54, 1.807) is 31.3 Å². The average molecular weight is 510 g/mol. The number of anilines is 1. The van der Waals surface area contributed by atoms with Gasteiger partial charge in [-0.3, -0.25) is 14.5 Å². The maximum absolute atomic E-state index is 13.3. The van der Waals surface area contributed by atoms with Gasteiger partial charge in [-0.2, -0.15) is 0 Å². The summed E-state index contributed by atoms with van der Waals surface area (Å²) in [6, 6.07) is 11.6. The lowest BCUT2D eigenvalue weighted by atomic mass is 9.84. The topological polar surface area (TPSA) is 82.8 Å². The number of benzene rings is 1. The van der Waals surface area contributed by atoms with Gasteiger partial charge in [0.15, 0.2) is 0 Å². The molecule has 2 aliphatic rings. The van der Waals surface area contributed by atoms with Gasteiger partial charge in [-0.25, -0.2) is 4.98 Å². The SMILES string of the molecule is CN(C)C(=O)/C=C(/c1ccc(Cl)cc1)C1CCN(C(=O)C2CCN(Cc3ccnc(N)c3)CC2)CC1. The van der Waals surface area contributed by atoms with E-state index >= 15 is 0 Å². The molecule has 0 bridgehead atoms. The number of nitrogen functional groups attached to an aromatic ring is 1. The maximum atomic E-state index is 13.3. The molecule has 2 aliphatic heterocycles. The van der Waals surface area contributed by atoms with Gasteiger partial charge in [0.2, 0.25) is 11.8 Å². The molecule has 0 aliphatic carbocycles. The molecule has 2 amide bonds. The molecule has 2 saturated heterocycles. The molecule has 1 aromatic carbocycles. The van der Waals surface area contributed by atoms with Crippen LogP contribution < -0.4 is 5.73 Å². The van der Waals surface area contributed by atoms with Crippen LogP contribution in [0.2, 0.25) is 5.02 Å². The third-order valence-electron chi connectivity index (χ3n) is 7.33. The number of nitrogens with zero attached hydrogens (tertiary/aromatic N) is 4. The number of carbonyl (C=O) groups excluding carboxylic acids is 2. The molecule has 2 fully saturated rings. The number of hydrogen-bond acceptors (Lipinski definition) is 5. The van der Waals surface area contributed by atoms with E-state index in [0.29, 0.717) is 10.8 Å². The average Bonchev–Trinajstić information content (AvgIpc) is 2.88. The summed E-state index contributed by atoms with van der Waals surface area (Å²) in [7, 11) is 3.52. The number of rotatable bonds is 6. The van der Waals surface area contributed by atoms with Crippen LogP contribution in [0.3, 0.4) is 0 Å². The fraction of sp³-hybridized carbons (Fsp3) is 0.464. The lowest BCUT2D eigenvalue weighted by Gasteiger charge is -2.38. The third-order valence-corrected chi connectivity index (χ3v) is 7.58. The Morgan fingerprint density at radius 1 is 1.03 bits per heavy atom. The minimum Gasteiger partial charge on any atom is -0.384 e. The van der Waals surface area contributed by atoms with Gasteiger partial charge >= 0.3 is 0 Å². The molecule has 0 atom stereocenters. The number of aromatic nitrogens is 1. The highest BCUT2D eigenvalue weighted by molar-refractivity contribution is 6.30. The standard InChI is InChI=1S/C28H36ClN5O2/c1-32(2)27(35)18-25(21-3-5-24(29)6-4-21)22-10-15-34(16-11-22)28(36)23-8-13-33(14-9-23)19-20-7-12-31-26(30)17-20/h3-7,12,17-18,22-23H,8-11,13-16,19H2,1-2H3,(H2,30,31)/b25-18-. The summed E-state index contributed by atoms with van der Waals surface area (Å²) in [4.78, 5) is 35.9. The van der Waals surface area contributed by atoms with Gasteiger partial charge in [0.25, 0.3) is 0 Å². The number of halogens is 1. The first-order valence-corrected chi connectivity index (χ1v) is 13.1. The van der Waals surface area contributed by atoms with Crippen molar-refractivity contribution in [3.05, 3.63) is 64.8 Å². The van der Waals surface area contributed by atoms with E-state index in [1.807, 2.05) is 41.3 Å². The molecular weight excluding hydrogens is 474 g/mol. The van der Waals surface area contributed by atoms with Gasteiger partial charge < -0.3 is 15.5 Å². The zero-order chi connectivity index (χ0) is 25.7. The zero-order valence-electron chi connectivity index (χ0n) is 21.2. The molecule has 2 N–H and O–H groups in total. The van der Waals surface area contributed by atoms with Crippen molar-refractivity contribution in [2.45, 2.75) is 32.2 Å². The van der Waals surface area contributed by atoms with Gasteiger partial charge in [-0.15, -0.1) is 0 Å². The molecule has 8 heteroatoms. The van der Waals surface area contributed by atoms with Gasteiger partial charge in [0, 0.05) is 56.9 Å². The Kier molecular flexibility index (Phi) is 8.64. The van der Waals surface area contributed by atoms with Crippen LogP contribution in [0.4, 0.5) is 5.82 Å². The first kappa shape index (κ1) is 26.2. The van der Waals surface area contributed by atoms with Gasteiger partial charge in [0.1, 0.15) is 5.82 Å². The van der Waals surface area contributed by atoms with Crippen LogP contribution in [0.15, 0.2) is 48.7 Å². The van der Waals surface area contributed by atoms with Gasteiger partial charge in [-0.05, 0) is 85.7 Å². The molecule has 0 radical (unpaired) electrons. The molecule has 7 nitrogen and oxygen atoms in total. The zero-order valence-corrected chi connectivity index (χ0v) is 22.0. The summed E-state index contributed by atoms with van der Waals surface area (Å²) in [6.45, 7) is 4.10. The summed E-state index contributed by atoms with van der Waals surface area (Å²) in [5, 5.41) is 0.674. The fourth-order valence-electron chi connectivity index (χ4n) is 5.20. The minimum absolute atomic E-state index is 0.0281. The summed E-state index contributed by atoms with van der Waals surface area (Å²) in [5.74, 6) is 1.11. The quantitative estimate of drug-likeness (QED) is 0.596. The van der Waals surface area contributed by atoms with Crippen LogP contribution in [-0.2, 0) is 16.1 Å². The Hall–Kier alpha value is -2.90. The Morgan fingerprint density at radius 3 is 2.28 bits per heavy atom. The number of allylic oxidation sites excluding steroid dienone is 1. The molecular formula is C28H36ClN5O2. The summed E-state index contributed by atoms with van der Waals surface area (Å²) < 4.78 is 0. The highest BCUT2D eigenvalue weighted by atomic mass is 35.5. The Bertz CT molecular complexity index is 1090. The van der Waals surface area contributed by atoms with E-state index in [2.05, 4.69) is 9.88 Å². The van der Waals surface area contributed by atoms with Gasteiger partial charge in [0.05, 0.1) is 0 Å². The second kappa shape index (κ2) is 11.9. The number of carbonyl (C=O) groups is 2. The van der Waals surface area contributed by atoms with E-state index in [-0.39, 0.29) is 23.7 Å². The Labute approximate surface area is 218 Å². The van der Waals surface area contributed by atoms with Gasteiger partial charge in [-0.1, -0.05) is 23.7 Å². The molecule has 4 rings (SSSR count). The highest BCUT2D eigenvalue weighted by Crippen LogP contribution is 2.34. The monoisotopic (exact) mass is 509 g/mol. The fourth-order valence-corrected chi connectivity index (χ4v) is 5.33. The first-order valence-electron chi connectivity index (χ1n) is 12.7. The van der Waals surface area contributed by atoms with Crippen LogP contribution in [0.25, 0.3) is 5.57 Å². The Balaban J connectivity index is 1.33. The van der Waals surface area contributed by atoms with E-state index in [9.17, 15) is 9.59 Å². The number of pyridine rings is 1. The number of hydrogen-bond donors (Lipinski definition) is 1. The van der Waals surface area contributed by atoms with Crippen molar-refractivity contribution >= 4 is 34.8 Å². The highest BCUT2D eigenvalue weighted by Gasteiger charge is 2.32. The normalized spacial score (nSPS) is 18.3. The van der Waals surface area contributed by atoms with Crippen LogP contribution in [-0.4, -0.2) is 71.8 Å². The van der Waals surface area contributed by atoms with Crippen LogP contribution in [0.1, 0.15) is 36.8 Å². The lowest BCUT2D eigenvalue weighted by molar-refractivity contribution is -0.138. The van der Waals surface area contributed by atoms with E-state index in [1.165, 1.54) is 0 Å². The van der Waals surface area contributed by atoms with Crippen LogP contribution in [0.5, 0.6) is 0 Å². The van der Waals surface area contributed by atoms with E-state index in [0.717, 1.165) is 75.1 Å². The summed E-state index contributed by atoms with van der Waals surface area (Å²) in [6.07, 6.45) is 6.96. The Morgan fingerprint density at radius 2 is 1.67 bits per heavy atom. The number of nitrogens with two attached hydrogens (primary N) is 1. The largest absolute Gasteiger partial charge is 0.384 e. The van der Waals surface area contributed by atoms with Crippen molar-refractivity contribution < 1.29 is 9.59 Å². The molecule has 2 aromatic rings. The van der Waals surface area contributed by atoms with Crippen molar-refractivity contribution in [3.63, 3.8) is 0 Å². The minimum atomic E-state index is -0.0281. The second-order valence-corrected chi connectivity index (χ2v) is 10.5. The van der Waals surface area contributed by atoms with Crippen LogP contribution >= 0.6 is 11.6 Å². The maximum Gasteiger partial charge on any atom is 0.246 e. The first-order chi connectivity index (χ1) is 17.3. The predicted molar refractivity (Wildman–Crippen MR) is 144 cm³/mol. The van der Waals surface area contributed by atoms with Crippen molar-refractivity contribution in [1.82, 2.24) is 19.7 Å². The summed E-state index contributed by atoms with van der Waals surface area (Å²) >= 11 is 6.09. The number of likely N-dealkylation sites (N-methyl/N-ethyl adjacent to an activating group) is 1. The van der Waals surface area contributed by atoms with E-state index in [4.69, 9.17) is 17.3 Å². The van der Waals surface area contributed by atoms with Crippen molar-refractivity contribution in [2.24, 2.45) is 11.8 Å². The third kappa shape index (κ3) is 6.65. The van der Waals surface area contributed by atoms with Crippen molar-refractivity contribution in [2.75, 3.05) is 46.0 Å². The number of piperidine rings is 2. The second-order valence-electron chi connectivity index (χ2n) is 10.1. The number of amides is 2. The van der Waals surface area contributed by atoms with Crippen LogP contribution in [0, 0.1) is 11.8 Å². The molecule has 36 heavy (non-hydrogen) atoms. The molecule has 0 spiro atoms. The number of likely N-dealkylation sites (tertiary alicyclic amines) is 2. The molecule has 0 saturated carbocycles. The predicted octanol–water partition coefficient (Wildman–Crippen LogP) is 3.94. The molecule has 0 unspecified atom stereocenters. The smallest absolute Gasteiger partial charge is 0.246 e. The van der Waals surface area contributed by atoms with E-state index < -0.39 is 0 Å². The molecule has 3 heterocycles. The van der Waals surface area contributed by atoms with Crippen molar-refractivity contribution in [1.29, 1.82) is 0 Å². The molecule has 1 aromatic heterocycles. The lowest BCUT2D eigenvalue weighted by Crippen LogP contribution is -2.45.